The van der Waals surface area contributed by atoms with Gasteiger partial charge in [0.05, 0.1) is 0 Å². The molecule has 2 aromatic rings. The number of carbonyl (C=O) groups excluding carboxylic acids is 2. The molecule has 3 rings (SSSR count). The van der Waals surface area contributed by atoms with Crippen LogP contribution in [0.3, 0.4) is 0 Å². The van der Waals surface area contributed by atoms with Gasteiger partial charge >= 0.3 is 0 Å². The van der Waals surface area contributed by atoms with Crippen LogP contribution in [0.5, 0.6) is 0 Å². The van der Waals surface area contributed by atoms with E-state index in [0.29, 0.717) is 31.2 Å². The lowest BCUT2D eigenvalue weighted by molar-refractivity contribution is -0.120. The van der Waals surface area contributed by atoms with Crippen molar-refractivity contribution in [2.24, 2.45) is 11.7 Å². The quantitative estimate of drug-likeness (QED) is 0.488. The standard InChI is InChI=1S/C26H38N4O2/c1-17(2)6-5-7-25-28-29-26(30(25)22-11-12-22)21(10-13-24(27)32)16-23(31)15-20-9-8-18(3)14-19(20)4/h8-9,14,17,21-22H,5-7,10-13,15-16H2,1-4H3,(H2,27,32). The molecule has 1 unspecified atom stereocenters. The summed E-state index contributed by atoms with van der Waals surface area (Å²) in [5.41, 5.74) is 8.85. The van der Waals surface area contributed by atoms with Crippen LogP contribution < -0.4 is 5.73 Å². The van der Waals surface area contributed by atoms with Crippen molar-refractivity contribution in [2.75, 3.05) is 0 Å². The van der Waals surface area contributed by atoms with Crippen LogP contribution in [0.15, 0.2) is 18.2 Å². The van der Waals surface area contributed by atoms with Crippen LogP contribution in [-0.2, 0) is 22.4 Å². The van der Waals surface area contributed by atoms with E-state index >= 15 is 0 Å². The molecule has 1 aliphatic carbocycles. The number of hydrogen-bond donors (Lipinski definition) is 1. The predicted octanol–water partition coefficient (Wildman–Crippen LogP) is 4.76. The largest absolute Gasteiger partial charge is 0.370 e. The number of hydrogen-bond acceptors (Lipinski definition) is 4. The summed E-state index contributed by atoms with van der Waals surface area (Å²) in [5.74, 6) is 2.24. The Kier molecular flexibility index (Phi) is 8.21. The molecule has 1 atom stereocenters. The van der Waals surface area contributed by atoms with Gasteiger partial charge in [-0.2, -0.15) is 0 Å². The van der Waals surface area contributed by atoms with Gasteiger partial charge in [-0.05, 0) is 56.6 Å². The molecule has 0 radical (unpaired) electrons. The Hall–Kier alpha value is -2.50. The predicted molar refractivity (Wildman–Crippen MR) is 126 cm³/mol. The maximum Gasteiger partial charge on any atom is 0.217 e. The van der Waals surface area contributed by atoms with E-state index in [1.807, 2.05) is 19.1 Å². The van der Waals surface area contributed by atoms with Crippen molar-refractivity contribution in [1.29, 1.82) is 0 Å². The Morgan fingerprint density at radius 2 is 1.91 bits per heavy atom. The van der Waals surface area contributed by atoms with Gasteiger partial charge in [-0.15, -0.1) is 10.2 Å². The second kappa shape index (κ2) is 10.9. The van der Waals surface area contributed by atoms with Gasteiger partial charge in [0.2, 0.25) is 5.91 Å². The molecule has 0 spiro atoms. The fourth-order valence-electron chi connectivity index (χ4n) is 4.43. The number of ketones is 1. The highest BCUT2D eigenvalue weighted by Gasteiger charge is 2.33. The number of carbonyl (C=O) groups is 2. The van der Waals surface area contributed by atoms with Gasteiger partial charge in [0, 0.05) is 37.6 Å². The fraction of sp³-hybridized carbons (Fsp3) is 0.615. The van der Waals surface area contributed by atoms with E-state index in [0.717, 1.165) is 54.9 Å². The molecule has 0 aliphatic heterocycles. The van der Waals surface area contributed by atoms with E-state index in [4.69, 9.17) is 5.73 Å². The van der Waals surface area contributed by atoms with E-state index in [1.165, 1.54) is 5.56 Å². The molecule has 1 aromatic heterocycles. The van der Waals surface area contributed by atoms with Crippen LogP contribution >= 0.6 is 0 Å². The Labute approximate surface area is 192 Å². The number of aromatic nitrogens is 3. The third-order valence-corrected chi connectivity index (χ3v) is 6.35. The zero-order chi connectivity index (χ0) is 23.3. The van der Waals surface area contributed by atoms with Crippen molar-refractivity contribution in [3.8, 4) is 0 Å². The van der Waals surface area contributed by atoms with E-state index < -0.39 is 0 Å². The summed E-state index contributed by atoms with van der Waals surface area (Å²) in [6.45, 7) is 8.58. The molecular weight excluding hydrogens is 400 g/mol. The lowest BCUT2D eigenvalue weighted by Crippen LogP contribution is -2.18. The minimum atomic E-state index is -0.341. The van der Waals surface area contributed by atoms with E-state index in [-0.39, 0.29) is 24.0 Å². The Balaban J connectivity index is 1.78. The number of amides is 1. The van der Waals surface area contributed by atoms with Crippen molar-refractivity contribution >= 4 is 11.7 Å². The summed E-state index contributed by atoms with van der Waals surface area (Å²) in [6.07, 6.45) is 6.94. The summed E-state index contributed by atoms with van der Waals surface area (Å²) in [7, 11) is 0. The molecule has 1 fully saturated rings. The van der Waals surface area contributed by atoms with Gasteiger partial charge in [-0.3, -0.25) is 9.59 Å². The van der Waals surface area contributed by atoms with E-state index in [9.17, 15) is 9.59 Å². The molecule has 2 N–H and O–H groups in total. The molecule has 1 amide bonds. The number of benzene rings is 1. The molecule has 1 heterocycles. The van der Waals surface area contributed by atoms with Gasteiger partial charge < -0.3 is 10.3 Å². The molecule has 6 nitrogen and oxygen atoms in total. The first-order valence-electron chi connectivity index (χ1n) is 12.0. The number of nitrogens with two attached hydrogens (primary N) is 1. The summed E-state index contributed by atoms with van der Waals surface area (Å²) in [4.78, 5) is 24.6. The van der Waals surface area contributed by atoms with Crippen LogP contribution in [0, 0.1) is 19.8 Å². The number of primary amides is 1. The fourth-order valence-corrected chi connectivity index (χ4v) is 4.43. The zero-order valence-corrected chi connectivity index (χ0v) is 20.1. The average Bonchev–Trinajstić information content (AvgIpc) is 3.47. The van der Waals surface area contributed by atoms with Gasteiger partial charge in [-0.1, -0.05) is 44.0 Å². The lowest BCUT2D eigenvalue weighted by atomic mass is 9.92. The van der Waals surface area contributed by atoms with Gasteiger partial charge in [0.15, 0.2) is 0 Å². The highest BCUT2D eigenvalue weighted by Crippen LogP contribution is 2.39. The number of rotatable bonds is 13. The van der Waals surface area contributed by atoms with Crippen LogP contribution in [0.4, 0.5) is 0 Å². The lowest BCUT2D eigenvalue weighted by Gasteiger charge is -2.18. The minimum Gasteiger partial charge on any atom is -0.370 e. The highest BCUT2D eigenvalue weighted by molar-refractivity contribution is 5.82. The monoisotopic (exact) mass is 438 g/mol. The first-order valence-corrected chi connectivity index (χ1v) is 12.0. The molecule has 6 heteroatoms. The number of aryl methyl sites for hydroxylation is 3. The third-order valence-electron chi connectivity index (χ3n) is 6.35. The summed E-state index contributed by atoms with van der Waals surface area (Å²) < 4.78 is 2.27. The zero-order valence-electron chi connectivity index (χ0n) is 20.1. The van der Waals surface area contributed by atoms with Crippen molar-refractivity contribution in [3.05, 3.63) is 46.5 Å². The topological polar surface area (TPSA) is 90.9 Å². The Morgan fingerprint density at radius 1 is 1.16 bits per heavy atom. The molecule has 1 aliphatic rings. The minimum absolute atomic E-state index is 0.132. The Bertz CT molecular complexity index is 943. The van der Waals surface area contributed by atoms with Gasteiger partial charge in [0.1, 0.15) is 17.4 Å². The molecule has 1 aromatic carbocycles. The maximum atomic E-state index is 13.1. The van der Waals surface area contributed by atoms with Gasteiger partial charge in [0.25, 0.3) is 0 Å². The summed E-state index contributed by atoms with van der Waals surface area (Å²) in [5, 5.41) is 9.07. The normalized spacial score (nSPS) is 14.7. The van der Waals surface area contributed by atoms with Crippen LogP contribution in [0.1, 0.15) is 99.1 Å². The van der Waals surface area contributed by atoms with Crippen molar-refractivity contribution in [2.45, 2.75) is 97.4 Å². The van der Waals surface area contributed by atoms with Crippen molar-refractivity contribution < 1.29 is 9.59 Å². The Morgan fingerprint density at radius 3 is 2.53 bits per heavy atom. The van der Waals surface area contributed by atoms with Crippen molar-refractivity contribution in [3.63, 3.8) is 0 Å². The summed E-state index contributed by atoms with van der Waals surface area (Å²) in [6, 6.07) is 6.63. The maximum absolute atomic E-state index is 13.1. The highest BCUT2D eigenvalue weighted by atomic mass is 16.1. The molecular formula is C26H38N4O2. The van der Waals surface area contributed by atoms with Crippen molar-refractivity contribution in [1.82, 2.24) is 14.8 Å². The first-order chi connectivity index (χ1) is 15.2. The van der Waals surface area contributed by atoms with E-state index in [2.05, 4.69) is 41.6 Å². The third kappa shape index (κ3) is 6.75. The molecule has 0 bridgehead atoms. The van der Waals surface area contributed by atoms with Crippen LogP contribution in [-0.4, -0.2) is 26.5 Å². The average molecular weight is 439 g/mol. The molecule has 32 heavy (non-hydrogen) atoms. The molecule has 1 saturated carbocycles. The molecule has 0 saturated heterocycles. The second-order valence-corrected chi connectivity index (χ2v) is 9.91. The van der Waals surface area contributed by atoms with E-state index in [1.54, 1.807) is 0 Å². The molecule has 174 valence electrons. The smallest absolute Gasteiger partial charge is 0.217 e. The second-order valence-electron chi connectivity index (χ2n) is 9.91. The SMILES string of the molecule is Cc1ccc(CC(=O)CC(CCC(N)=O)c2nnc(CCCC(C)C)n2C2CC2)c(C)c1. The van der Waals surface area contributed by atoms with Gasteiger partial charge in [-0.25, -0.2) is 0 Å². The van der Waals surface area contributed by atoms with Crippen LogP contribution in [0.25, 0.3) is 0 Å². The first kappa shape index (κ1) is 24.1. The summed E-state index contributed by atoms with van der Waals surface area (Å²) >= 11 is 0. The number of Topliss-reactive ketones (excluding diaryl/α,β-unsaturated/α-hetero) is 1. The number of nitrogens with zero attached hydrogens (tertiary/aromatic N) is 3. The van der Waals surface area contributed by atoms with Crippen LogP contribution in [0.2, 0.25) is 0 Å².